The molecule has 1 radical (unpaired) electrons. The van der Waals surface area contributed by atoms with E-state index in [1.54, 1.807) is 0 Å². The highest BCUT2D eigenvalue weighted by Gasteiger charge is 2.07. The third kappa shape index (κ3) is 3.51. The molecule has 0 saturated heterocycles. The van der Waals surface area contributed by atoms with Crippen LogP contribution in [0, 0.1) is 6.42 Å². The van der Waals surface area contributed by atoms with Gasteiger partial charge in [0.05, 0.1) is 0 Å². The minimum absolute atomic E-state index is 0.503. The van der Waals surface area contributed by atoms with Gasteiger partial charge in [0.15, 0.2) is 0 Å². The molecule has 1 aromatic carbocycles. The molecule has 0 bridgehead atoms. The second kappa shape index (κ2) is 6.61. The summed E-state index contributed by atoms with van der Waals surface area (Å²) in [5.74, 6) is 0.503. The van der Waals surface area contributed by atoms with E-state index in [9.17, 15) is 0 Å². The molecule has 1 heteroatoms. The highest BCUT2D eigenvalue weighted by Crippen LogP contribution is 2.20. The Morgan fingerprint density at radius 1 is 1.29 bits per heavy atom. The first-order valence-corrected chi connectivity index (χ1v) is 5.45. The fourth-order valence-corrected chi connectivity index (χ4v) is 1.62. The maximum absolute atomic E-state index is 5.77. The third-order valence-corrected chi connectivity index (χ3v) is 2.50. The Kier molecular flexibility index (Phi) is 5.31. The number of nitrogens with two attached hydrogens (primary N) is 1. The molecule has 0 amide bonds. The summed E-state index contributed by atoms with van der Waals surface area (Å²) in [5, 5.41) is 0. The van der Waals surface area contributed by atoms with E-state index < -0.39 is 0 Å². The topological polar surface area (TPSA) is 26.0 Å². The van der Waals surface area contributed by atoms with Gasteiger partial charge in [-0.2, -0.15) is 0 Å². The normalized spacial score (nSPS) is 12.7. The van der Waals surface area contributed by atoms with Crippen molar-refractivity contribution in [3.8, 4) is 0 Å². The van der Waals surface area contributed by atoms with E-state index in [4.69, 9.17) is 5.73 Å². The van der Waals surface area contributed by atoms with E-state index in [0.717, 1.165) is 13.0 Å². The maximum Gasteiger partial charge on any atom is -0.000813 e. The van der Waals surface area contributed by atoms with E-state index in [1.165, 1.54) is 18.4 Å². The highest BCUT2D eigenvalue weighted by atomic mass is 14.5. The number of rotatable bonds is 6. The summed E-state index contributed by atoms with van der Waals surface area (Å²) in [5.41, 5.74) is 7.13. The van der Waals surface area contributed by atoms with Crippen LogP contribution in [-0.2, 0) is 0 Å². The lowest BCUT2D eigenvalue weighted by molar-refractivity contribution is 0.660. The van der Waals surface area contributed by atoms with Crippen LogP contribution in [-0.4, -0.2) is 6.54 Å². The Labute approximate surface area is 87.3 Å². The number of hydrogen-bond acceptors (Lipinski definition) is 1. The zero-order valence-electron chi connectivity index (χ0n) is 8.95. The van der Waals surface area contributed by atoms with E-state index in [1.807, 2.05) is 6.07 Å². The number of hydrogen-bond donors (Lipinski definition) is 1. The van der Waals surface area contributed by atoms with Gasteiger partial charge in [-0.3, -0.25) is 0 Å². The van der Waals surface area contributed by atoms with E-state index in [-0.39, 0.29) is 0 Å². The molecule has 0 aromatic heterocycles. The first-order chi connectivity index (χ1) is 6.88. The molecule has 0 saturated carbocycles. The third-order valence-electron chi connectivity index (χ3n) is 2.50. The molecule has 2 N–H and O–H groups in total. The van der Waals surface area contributed by atoms with Crippen molar-refractivity contribution in [2.75, 3.05) is 6.54 Å². The van der Waals surface area contributed by atoms with Crippen molar-refractivity contribution >= 4 is 0 Å². The van der Waals surface area contributed by atoms with Crippen LogP contribution in [0.25, 0.3) is 0 Å². The minimum atomic E-state index is 0.503. The molecule has 1 aromatic rings. The van der Waals surface area contributed by atoms with Crippen molar-refractivity contribution < 1.29 is 0 Å². The van der Waals surface area contributed by atoms with E-state index >= 15 is 0 Å². The van der Waals surface area contributed by atoms with Crippen molar-refractivity contribution in [1.29, 1.82) is 0 Å². The van der Waals surface area contributed by atoms with Gasteiger partial charge < -0.3 is 5.73 Å². The molecule has 0 aliphatic carbocycles. The zero-order chi connectivity index (χ0) is 10.2. The maximum atomic E-state index is 5.77. The molecule has 1 unspecified atom stereocenters. The molecule has 14 heavy (non-hydrogen) atoms. The average molecular weight is 190 g/mol. The van der Waals surface area contributed by atoms with Gasteiger partial charge in [-0.05, 0) is 30.9 Å². The average Bonchev–Trinajstić information content (AvgIpc) is 2.26. The Morgan fingerprint density at radius 2 is 2.00 bits per heavy atom. The lowest BCUT2D eigenvalue weighted by Crippen LogP contribution is -2.12. The van der Waals surface area contributed by atoms with Crippen LogP contribution >= 0.6 is 0 Å². The van der Waals surface area contributed by atoms with Gasteiger partial charge in [0.1, 0.15) is 0 Å². The summed E-state index contributed by atoms with van der Waals surface area (Å²) in [4.78, 5) is 0. The quantitative estimate of drug-likeness (QED) is 0.685. The van der Waals surface area contributed by atoms with Gasteiger partial charge in [-0.25, -0.2) is 0 Å². The van der Waals surface area contributed by atoms with Gasteiger partial charge in [-0.15, -0.1) is 0 Å². The van der Waals surface area contributed by atoms with Crippen LogP contribution in [0.1, 0.15) is 37.7 Å². The minimum Gasteiger partial charge on any atom is -0.330 e. The van der Waals surface area contributed by atoms with Crippen LogP contribution in [0.15, 0.2) is 30.3 Å². The lowest BCUT2D eigenvalue weighted by Gasteiger charge is -2.14. The Morgan fingerprint density at radius 3 is 2.57 bits per heavy atom. The van der Waals surface area contributed by atoms with Crippen molar-refractivity contribution in [2.45, 2.75) is 32.1 Å². The molecule has 1 nitrogen and oxygen atoms in total. The predicted molar refractivity (Wildman–Crippen MR) is 62.1 cm³/mol. The van der Waals surface area contributed by atoms with Crippen LogP contribution in [0.2, 0.25) is 0 Å². The smallest absolute Gasteiger partial charge is 0.000813 e. The molecule has 0 spiro atoms. The Bertz CT molecular complexity index is 230. The highest BCUT2D eigenvalue weighted by molar-refractivity contribution is 5.20. The van der Waals surface area contributed by atoms with E-state index in [2.05, 4.69) is 37.6 Å². The fraction of sp³-hybridized carbons (Fsp3) is 0.462. The van der Waals surface area contributed by atoms with Crippen molar-refractivity contribution in [3.63, 3.8) is 0 Å². The molecular formula is C13H20N. The summed E-state index contributed by atoms with van der Waals surface area (Å²) >= 11 is 0. The molecular weight excluding hydrogens is 170 g/mol. The molecule has 1 atom stereocenters. The monoisotopic (exact) mass is 190 g/mol. The molecule has 0 heterocycles. The van der Waals surface area contributed by atoms with Crippen LogP contribution < -0.4 is 5.73 Å². The fourth-order valence-electron chi connectivity index (χ4n) is 1.62. The van der Waals surface area contributed by atoms with Crippen LogP contribution in [0.4, 0.5) is 0 Å². The van der Waals surface area contributed by atoms with Gasteiger partial charge >= 0.3 is 0 Å². The first kappa shape index (κ1) is 11.3. The number of unbranched alkanes of at least 4 members (excludes halogenated alkanes) is 2. The van der Waals surface area contributed by atoms with Gasteiger partial charge in [-0.1, -0.05) is 50.1 Å². The van der Waals surface area contributed by atoms with Gasteiger partial charge in [0.2, 0.25) is 0 Å². The van der Waals surface area contributed by atoms with Crippen molar-refractivity contribution in [1.82, 2.24) is 0 Å². The summed E-state index contributed by atoms with van der Waals surface area (Å²) < 4.78 is 0. The molecule has 0 fully saturated rings. The molecule has 77 valence electrons. The van der Waals surface area contributed by atoms with Gasteiger partial charge in [0.25, 0.3) is 0 Å². The first-order valence-electron chi connectivity index (χ1n) is 5.45. The lowest BCUT2D eigenvalue weighted by atomic mass is 9.93. The second-order valence-electron chi connectivity index (χ2n) is 3.66. The van der Waals surface area contributed by atoms with Crippen molar-refractivity contribution in [2.24, 2.45) is 5.73 Å². The summed E-state index contributed by atoms with van der Waals surface area (Å²) in [7, 11) is 0. The van der Waals surface area contributed by atoms with Crippen molar-refractivity contribution in [3.05, 3.63) is 42.3 Å². The van der Waals surface area contributed by atoms with E-state index in [0.29, 0.717) is 5.92 Å². The zero-order valence-corrected chi connectivity index (χ0v) is 8.95. The largest absolute Gasteiger partial charge is 0.330 e. The molecule has 0 aliphatic rings. The number of benzene rings is 1. The van der Waals surface area contributed by atoms with Crippen LogP contribution in [0.5, 0.6) is 0 Å². The second-order valence-corrected chi connectivity index (χ2v) is 3.66. The van der Waals surface area contributed by atoms with Crippen LogP contribution in [0.3, 0.4) is 0 Å². The summed E-state index contributed by atoms with van der Waals surface area (Å²) in [6.45, 7) is 2.95. The standard InChI is InChI=1S/C13H20N/c1-2-3-5-10-13(11-14)12-8-6-4-7-9-12/h4-9,13H,2-3,10-11,14H2,1H3. The molecule has 0 aliphatic heterocycles. The SMILES string of the molecule is CCC[CH]CC(CN)c1ccccc1. The Balaban J connectivity index is 2.46. The Hall–Kier alpha value is -0.820. The summed E-state index contributed by atoms with van der Waals surface area (Å²) in [6.07, 6.45) is 5.88. The van der Waals surface area contributed by atoms with Gasteiger partial charge in [0, 0.05) is 0 Å². The predicted octanol–water partition coefficient (Wildman–Crippen LogP) is 3.12. The molecule has 1 rings (SSSR count). The summed E-state index contributed by atoms with van der Waals surface area (Å²) in [6, 6.07) is 10.5.